The second-order valence-corrected chi connectivity index (χ2v) is 4.89. The van der Waals surface area contributed by atoms with Crippen molar-refractivity contribution in [3.05, 3.63) is 47.7 Å². The average molecular weight is 316 g/mol. The number of benzene rings is 1. The minimum absolute atomic E-state index is 0.225. The van der Waals surface area contributed by atoms with Gasteiger partial charge in [0.25, 0.3) is 5.91 Å². The van der Waals surface area contributed by atoms with Gasteiger partial charge >= 0.3 is 0 Å². The monoisotopic (exact) mass is 316 g/mol. The van der Waals surface area contributed by atoms with Crippen molar-refractivity contribution >= 4 is 5.91 Å². The fourth-order valence-corrected chi connectivity index (χ4v) is 2.17. The quantitative estimate of drug-likeness (QED) is 0.887. The normalized spacial score (nSPS) is 11.5. The standard InChI is InChI=1S/C17H20N2O4/c1-11(14-9-13(21-2)6-7-15(14)22-3)19-17(20)12-5-8-16(23-4)18-10-12/h5-11H,1-4H3,(H,19,20). The number of methoxy groups -OCH3 is 3. The van der Waals surface area contributed by atoms with Crippen LogP contribution in [0.15, 0.2) is 36.5 Å². The molecule has 0 saturated carbocycles. The van der Waals surface area contributed by atoms with Gasteiger partial charge in [-0.15, -0.1) is 0 Å². The van der Waals surface area contributed by atoms with Crippen molar-refractivity contribution in [2.24, 2.45) is 0 Å². The van der Waals surface area contributed by atoms with E-state index in [-0.39, 0.29) is 11.9 Å². The highest BCUT2D eigenvalue weighted by atomic mass is 16.5. The molecule has 0 saturated heterocycles. The molecule has 1 aromatic carbocycles. The first-order valence-electron chi connectivity index (χ1n) is 7.12. The van der Waals surface area contributed by atoms with E-state index in [1.54, 1.807) is 26.4 Å². The fourth-order valence-electron chi connectivity index (χ4n) is 2.17. The molecule has 0 radical (unpaired) electrons. The lowest BCUT2D eigenvalue weighted by Gasteiger charge is -2.18. The predicted molar refractivity (Wildman–Crippen MR) is 86.2 cm³/mol. The average Bonchev–Trinajstić information content (AvgIpc) is 2.61. The van der Waals surface area contributed by atoms with E-state index >= 15 is 0 Å². The summed E-state index contributed by atoms with van der Waals surface area (Å²) >= 11 is 0. The number of nitrogens with zero attached hydrogens (tertiary/aromatic N) is 1. The Morgan fingerprint density at radius 1 is 1.09 bits per heavy atom. The van der Waals surface area contributed by atoms with E-state index in [4.69, 9.17) is 14.2 Å². The van der Waals surface area contributed by atoms with Crippen molar-refractivity contribution in [2.75, 3.05) is 21.3 Å². The van der Waals surface area contributed by atoms with E-state index in [2.05, 4.69) is 10.3 Å². The van der Waals surface area contributed by atoms with E-state index in [1.165, 1.54) is 13.3 Å². The van der Waals surface area contributed by atoms with Crippen LogP contribution >= 0.6 is 0 Å². The zero-order valence-corrected chi connectivity index (χ0v) is 13.6. The van der Waals surface area contributed by atoms with Crippen molar-refractivity contribution in [3.8, 4) is 17.4 Å². The number of carbonyl (C=O) groups excluding carboxylic acids is 1. The summed E-state index contributed by atoms with van der Waals surface area (Å²) in [5, 5.41) is 2.92. The topological polar surface area (TPSA) is 69.7 Å². The lowest BCUT2D eigenvalue weighted by atomic mass is 10.1. The highest BCUT2D eigenvalue weighted by Gasteiger charge is 2.16. The van der Waals surface area contributed by atoms with Gasteiger partial charge in [0.2, 0.25) is 5.88 Å². The third kappa shape index (κ3) is 3.91. The zero-order valence-electron chi connectivity index (χ0n) is 13.6. The molecule has 0 aliphatic carbocycles. The van der Waals surface area contributed by atoms with Gasteiger partial charge in [-0.05, 0) is 31.2 Å². The number of rotatable bonds is 6. The Bertz CT molecular complexity index is 671. The van der Waals surface area contributed by atoms with Crippen LogP contribution in [0.5, 0.6) is 17.4 Å². The van der Waals surface area contributed by atoms with E-state index in [0.29, 0.717) is 22.9 Å². The summed E-state index contributed by atoms with van der Waals surface area (Å²) in [4.78, 5) is 16.3. The highest BCUT2D eigenvalue weighted by Crippen LogP contribution is 2.29. The van der Waals surface area contributed by atoms with E-state index < -0.39 is 0 Å². The van der Waals surface area contributed by atoms with E-state index in [0.717, 1.165) is 5.56 Å². The van der Waals surface area contributed by atoms with Crippen LogP contribution in [0.25, 0.3) is 0 Å². The molecule has 6 heteroatoms. The van der Waals surface area contributed by atoms with Crippen molar-refractivity contribution in [1.82, 2.24) is 10.3 Å². The van der Waals surface area contributed by atoms with Gasteiger partial charge in [0.15, 0.2) is 0 Å². The van der Waals surface area contributed by atoms with Gasteiger partial charge < -0.3 is 19.5 Å². The molecule has 1 aromatic heterocycles. The molecule has 2 rings (SSSR count). The van der Waals surface area contributed by atoms with Crippen LogP contribution in [-0.4, -0.2) is 32.2 Å². The third-order valence-electron chi connectivity index (χ3n) is 3.46. The minimum atomic E-state index is -0.255. The Morgan fingerprint density at radius 2 is 1.87 bits per heavy atom. The highest BCUT2D eigenvalue weighted by molar-refractivity contribution is 5.94. The van der Waals surface area contributed by atoms with E-state index in [1.807, 2.05) is 25.1 Å². The summed E-state index contributed by atoms with van der Waals surface area (Å²) in [6.07, 6.45) is 1.48. The van der Waals surface area contributed by atoms with Crippen LogP contribution in [0, 0.1) is 0 Å². The first-order chi connectivity index (χ1) is 11.1. The predicted octanol–water partition coefficient (Wildman–Crippen LogP) is 2.60. The number of nitrogens with one attached hydrogen (secondary N) is 1. The van der Waals surface area contributed by atoms with Gasteiger partial charge in [0, 0.05) is 17.8 Å². The van der Waals surface area contributed by atoms with Gasteiger partial charge in [0.05, 0.1) is 32.9 Å². The van der Waals surface area contributed by atoms with E-state index in [9.17, 15) is 4.79 Å². The summed E-state index contributed by atoms with van der Waals surface area (Å²) in [6, 6.07) is 8.52. The molecule has 1 unspecified atom stereocenters. The third-order valence-corrected chi connectivity index (χ3v) is 3.46. The molecule has 1 amide bonds. The maximum atomic E-state index is 12.3. The van der Waals surface area contributed by atoms with Crippen LogP contribution < -0.4 is 19.5 Å². The molecule has 0 bridgehead atoms. The Kier molecular flexibility index (Phi) is 5.41. The van der Waals surface area contributed by atoms with Gasteiger partial charge in [-0.1, -0.05) is 0 Å². The molecule has 23 heavy (non-hydrogen) atoms. The van der Waals surface area contributed by atoms with Gasteiger partial charge in [0.1, 0.15) is 11.5 Å². The summed E-state index contributed by atoms with van der Waals surface area (Å²) in [5.74, 6) is 1.63. The smallest absolute Gasteiger partial charge is 0.253 e. The summed E-state index contributed by atoms with van der Waals surface area (Å²) in [5.41, 5.74) is 1.29. The molecule has 2 aromatic rings. The molecule has 1 N–H and O–H groups in total. The van der Waals surface area contributed by atoms with Crippen LogP contribution in [0.4, 0.5) is 0 Å². The number of hydrogen-bond acceptors (Lipinski definition) is 5. The Labute approximate surface area is 135 Å². The molecule has 0 fully saturated rings. The Balaban J connectivity index is 2.17. The van der Waals surface area contributed by atoms with Crippen molar-refractivity contribution in [1.29, 1.82) is 0 Å². The molecular formula is C17H20N2O4. The van der Waals surface area contributed by atoms with Crippen molar-refractivity contribution in [2.45, 2.75) is 13.0 Å². The summed E-state index contributed by atoms with van der Waals surface area (Å²) in [6.45, 7) is 1.88. The van der Waals surface area contributed by atoms with Gasteiger partial charge in [-0.2, -0.15) is 0 Å². The number of aromatic nitrogens is 1. The lowest BCUT2D eigenvalue weighted by Crippen LogP contribution is -2.27. The maximum absolute atomic E-state index is 12.3. The lowest BCUT2D eigenvalue weighted by molar-refractivity contribution is 0.0939. The molecule has 122 valence electrons. The molecule has 0 aliphatic rings. The zero-order chi connectivity index (χ0) is 16.8. The molecule has 1 atom stereocenters. The second-order valence-electron chi connectivity index (χ2n) is 4.89. The number of carbonyl (C=O) groups is 1. The molecule has 1 heterocycles. The first-order valence-corrected chi connectivity index (χ1v) is 7.12. The van der Waals surface area contributed by atoms with Crippen LogP contribution in [0.2, 0.25) is 0 Å². The Morgan fingerprint density at radius 3 is 2.43 bits per heavy atom. The SMILES string of the molecule is COc1ccc(OC)c(C(C)NC(=O)c2ccc(OC)nc2)c1. The van der Waals surface area contributed by atoms with Crippen molar-refractivity contribution in [3.63, 3.8) is 0 Å². The maximum Gasteiger partial charge on any atom is 0.253 e. The minimum Gasteiger partial charge on any atom is -0.497 e. The van der Waals surface area contributed by atoms with Crippen LogP contribution in [-0.2, 0) is 0 Å². The van der Waals surface area contributed by atoms with Crippen LogP contribution in [0.3, 0.4) is 0 Å². The molecule has 0 spiro atoms. The molecule has 6 nitrogen and oxygen atoms in total. The van der Waals surface area contributed by atoms with Gasteiger partial charge in [-0.25, -0.2) is 4.98 Å². The molecule has 0 aliphatic heterocycles. The van der Waals surface area contributed by atoms with Crippen molar-refractivity contribution < 1.29 is 19.0 Å². The van der Waals surface area contributed by atoms with Gasteiger partial charge in [-0.3, -0.25) is 4.79 Å². The number of pyridine rings is 1. The largest absolute Gasteiger partial charge is 0.497 e. The first kappa shape index (κ1) is 16.6. The van der Waals surface area contributed by atoms with Crippen LogP contribution in [0.1, 0.15) is 28.9 Å². The second kappa shape index (κ2) is 7.49. The molecular weight excluding hydrogens is 296 g/mol. The Hall–Kier alpha value is -2.76. The summed E-state index contributed by atoms with van der Waals surface area (Å²) in [7, 11) is 4.71. The summed E-state index contributed by atoms with van der Waals surface area (Å²) < 4.78 is 15.6. The number of amides is 1. The number of ether oxygens (including phenoxy) is 3. The number of hydrogen-bond donors (Lipinski definition) is 1. The fraction of sp³-hybridized carbons (Fsp3) is 0.294.